The van der Waals surface area contributed by atoms with Gasteiger partial charge in [-0.3, -0.25) is 4.79 Å². The van der Waals surface area contributed by atoms with E-state index in [0.29, 0.717) is 29.4 Å². The third kappa shape index (κ3) is 7.23. The summed E-state index contributed by atoms with van der Waals surface area (Å²) in [6.45, 7) is 6.50. The molecule has 14 heteroatoms. The van der Waals surface area contributed by atoms with Gasteiger partial charge < -0.3 is 19.6 Å². The highest BCUT2D eigenvalue weighted by Gasteiger charge is 2.55. The first kappa shape index (κ1) is 34.3. The Bertz CT molecular complexity index is 1800. The molecule has 0 atom stereocenters. The number of alkyl halides is 3. The number of carbonyl (C=O) groups is 1. The summed E-state index contributed by atoms with van der Waals surface area (Å²) in [5.41, 5.74) is -2.50. The maximum absolute atomic E-state index is 13.5. The lowest BCUT2D eigenvalue weighted by atomic mass is 9.82. The van der Waals surface area contributed by atoms with Gasteiger partial charge in [-0.05, 0) is 73.1 Å². The smallest absolute Gasteiger partial charge is 0.416 e. The van der Waals surface area contributed by atoms with Crippen molar-refractivity contribution in [1.29, 1.82) is 0 Å². The fourth-order valence-electron chi connectivity index (χ4n) is 6.26. The number of benzene rings is 2. The van der Waals surface area contributed by atoms with E-state index in [2.05, 4.69) is 28.5 Å². The number of aliphatic hydroxyl groups is 1. The molecular formula is C34H38ClF3N4O5S. The number of amides is 1. The number of nitrogens with one attached hydrogen (secondary N) is 1. The lowest BCUT2D eigenvalue weighted by Crippen LogP contribution is -2.44. The van der Waals surface area contributed by atoms with E-state index in [1.165, 1.54) is 24.3 Å². The average molecular weight is 707 g/mol. The second-order valence-electron chi connectivity index (χ2n) is 13.7. The molecular weight excluding hydrogens is 669 g/mol. The fraction of sp³-hybridized carbons (Fsp3) is 0.471. The summed E-state index contributed by atoms with van der Waals surface area (Å²) in [5, 5.41) is 11.3. The van der Waals surface area contributed by atoms with Crippen LogP contribution in [-0.4, -0.2) is 56.2 Å². The van der Waals surface area contributed by atoms with Crippen LogP contribution in [0.25, 0.3) is 0 Å². The highest BCUT2D eigenvalue weighted by Crippen LogP contribution is 2.45. The van der Waals surface area contributed by atoms with E-state index in [-0.39, 0.29) is 41.9 Å². The summed E-state index contributed by atoms with van der Waals surface area (Å²) in [7, 11) is -4.40. The Morgan fingerprint density at radius 3 is 2.21 bits per heavy atom. The van der Waals surface area contributed by atoms with Gasteiger partial charge in [0.25, 0.3) is 15.9 Å². The molecule has 1 saturated carbocycles. The molecule has 3 aromatic rings. The molecule has 2 aromatic carbocycles. The topological polar surface area (TPSA) is 112 Å². The molecule has 3 heterocycles. The molecule has 258 valence electrons. The lowest BCUT2D eigenvalue weighted by Gasteiger charge is -2.39. The number of carbonyl (C=O) groups excluding carboxylic acids is 1. The number of ether oxygens (including phenoxy) is 1. The number of halogens is 4. The van der Waals surface area contributed by atoms with E-state index in [0.717, 1.165) is 43.8 Å². The predicted molar refractivity (Wildman–Crippen MR) is 176 cm³/mol. The first-order valence-corrected chi connectivity index (χ1v) is 17.8. The molecule has 0 spiro atoms. The number of rotatable bonds is 8. The van der Waals surface area contributed by atoms with Crippen LogP contribution < -0.4 is 19.3 Å². The number of sulfonamides is 1. The highest BCUT2D eigenvalue weighted by atomic mass is 35.5. The van der Waals surface area contributed by atoms with Crippen LogP contribution in [0.2, 0.25) is 5.02 Å². The Morgan fingerprint density at radius 1 is 0.917 bits per heavy atom. The van der Waals surface area contributed by atoms with Crippen LogP contribution in [0.15, 0.2) is 65.7 Å². The molecule has 48 heavy (non-hydrogen) atoms. The second kappa shape index (κ2) is 12.4. The van der Waals surface area contributed by atoms with E-state index in [1.54, 1.807) is 23.1 Å². The zero-order valence-electron chi connectivity index (χ0n) is 26.7. The van der Waals surface area contributed by atoms with Gasteiger partial charge in [0.15, 0.2) is 10.6 Å². The van der Waals surface area contributed by atoms with Gasteiger partial charge >= 0.3 is 6.18 Å². The molecule has 1 aliphatic carbocycles. The highest BCUT2D eigenvalue weighted by molar-refractivity contribution is 7.90. The van der Waals surface area contributed by atoms with Crippen LogP contribution in [-0.2, 0) is 26.6 Å². The third-order valence-corrected chi connectivity index (χ3v) is 11.1. The second-order valence-corrected chi connectivity index (χ2v) is 15.8. The standard InChI is InChI=1S/C34H38ClF3N4O5S/c1-31(2)13-17-41(18-14-31)26-10-9-25(35)22-27(26)47-33(11-12-33)30(43)40-48(45,46)29-8-4-7-28(39-29)42-19-15-32(44,16-20-42)23-5-3-6-24(21-23)34(36,37)38/h3-10,21-22,44H,11-20H2,1-2H3,(H,40,43). The molecule has 1 aromatic heterocycles. The molecule has 3 fully saturated rings. The van der Waals surface area contributed by atoms with Crippen LogP contribution in [0.3, 0.4) is 0 Å². The fourth-order valence-corrected chi connectivity index (χ4v) is 7.43. The maximum Gasteiger partial charge on any atom is 0.416 e. The summed E-state index contributed by atoms with van der Waals surface area (Å²) in [4.78, 5) is 21.7. The van der Waals surface area contributed by atoms with Gasteiger partial charge in [-0.25, -0.2) is 9.71 Å². The van der Waals surface area contributed by atoms with E-state index in [4.69, 9.17) is 16.3 Å². The summed E-state index contributed by atoms with van der Waals surface area (Å²) in [5.74, 6) is -0.0887. The minimum Gasteiger partial charge on any atom is -0.475 e. The number of hydrogen-bond acceptors (Lipinski definition) is 8. The number of aromatic nitrogens is 1. The Balaban J connectivity index is 1.13. The van der Waals surface area contributed by atoms with Crippen LogP contribution in [0, 0.1) is 5.41 Å². The lowest BCUT2D eigenvalue weighted by molar-refractivity contribution is -0.137. The number of pyridine rings is 1. The van der Waals surface area contributed by atoms with Crippen LogP contribution >= 0.6 is 11.6 Å². The van der Waals surface area contributed by atoms with Crippen molar-refractivity contribution in [2.45, 2.75) is 74.8 Å². The van der Waals surface area contributed by atoms with Crippen LogP contribution in [0.4, 0.5) is 24.7 Å². The van der Waals surface area contributed by atoms with Crippen molar-refractivity contribution in [3.8, 4) is 5.75 Å². The average Bonchev–Trinajstić information content (AvgIpc) is 3.82. The molecule has 6 rings (SSSR count). The molecule has 0 radical (unpaired) electrons. The molecule has 9 nitrogen and oxygen atoms in total. The Hall–Kier alpha value is -3.55. The number of nitrogens with zero attached hydrogens (tertiary/aromatic N) is 3. The van der Waals surface area contributed by atoms with E-state index >= 15 is 0 Å². The SMILES string of the molecule is CC1(C)CCN(c2ccc(Cl)cc2OC2(C(=O)NS(=O)(=O)c3cccc(N4CCC(O)(c5cccc(C(F)(F)F)c5)CC4)n3)CC2)CC1. The Morgan fingerprint density at radius 2 is 1.56 bits per heavy atom. The molecule has 2 saturated heterocycles. The minimum absolute atomic E-state index is 0.101. The van der Waals surface area contributed by atoms with Gasteiger partial charge in [0.05, 0.1) is 16.9 Å². The molecule has 3 aliphatic rings. The van der Waals surface area contributed by atoms with Crippen molar-refractivity contribution >= 4 is 39.0 Å². The van der Waals surface area contributed by atoms with Crippen molar-refractivity contribution < 1.29 is 36.2 Å². The molecule has 1 amide bonds. The monoisotopic (exact) mass is 706 g/mol. The first-order chi connectivity index (χ1) is 22.5. The van der Waals surface area contributed by atoms with Gasteiger partial charge in [-0.15, -0.1) is 0 Å². The minimum atomic E-state index is -4.54. The first-order valence-electron chi connectivity index (χ1n) is 15.9. The van der Waals surface area contributed by atoms with Crippen molar-refractivity contribution in [3.05, 3.63) is 76.8 Å². The summed E-state index contributed by atoms with van der Waals surface area (Å²) in [6.07, 6.45) is -1.72. The normalized spacial score (nSPS) is 20.2. The largest absolute Gasteiger partial charge is 0.475 e. The van der Waals surface area contributed by atoms with Gasteiger partial charge in [-0.2, -0.15) is 21.6 Å². The van der Waals surface area contributed by atoms with Gasteiger partial charge in [0.2, 0.25) is 0 Å². The van der Waals surface area contributed by atoms with Crippen LogP contribution in [0.5, 0.6) is 5.75 Å². The van der Waals surface area contributed by atoms with Crippen molar-refractivity contribution in [1.82, 2.24) is 9.71 Å². The number of hydrogen-bond donors (Lipinski definition) is 2. The van der Waals surface area contributed by atoms with Crippen molar-refractivity contribution in [2.75, 3.05) is 36.0 Å². The van der Waals surface area contributed by atoms with E-state index < -0.39 is 38.9 Å². The summed E-state index contributed by atoms with van der Waals surface area (Å²) < 4.78 is 75.0. The van der Waals surface area contributed by atoms with Gasteiger partial charge in [0, 0.05) is 50.1 Å². The van der Waals surface area contributed by atoms with E-state index in [1.807, 2.05) is 6.07 Å². The van der Waals surface area contributed by atoms with Gasteiger partial charge in [0.1, 0.15) is 11.6 Å². The van der Waals surface area contributed by atoms with Crippen LogP contribution in [0.1, 0.15) is 63.5 Å². The quantitative estimate of drug-likeness (QED) is 0.282. The number of anilines is 2. The van der Waals surface area contributed by atoms with Crippen molar-refractivity contribution in [2.24, 2.45) is 5.41 Å². The number of piperidine rings is 2. The molecule has 0 unspecified atom stereocenters. The van der Waals surface area contributed by atoms with E-state index in [9.17, 15) is 31.5 Å². The summed E-state index contributed by atoms with van der Waals surface area (Å²) in [6, 6.07) is 14.3. The van der Waals surface area contributed by atoms with Crippen molar-refractivity contribution in [3.63, 3.8) is 0 Å². The third-order valence-electron chi connectivity index (χ3n) is 9.66. The predicted octanol–water partition coefficient (Wildman–Crippen LogP) is 6.28. The molecule has 2 aliphatic heterocycles. The zero-order chi connectivity index (χ0) is 34.5. The Labute approximate surface area is 283 Å². The maximum atomic E-state index is 13.5. The molecule has 2 N–H and O–H groups in total. The Kier molecular flexibility index (Phi) is 8.87. The summed E-state index contributed by atoms with van der Waals surface area (Å²) >= 11 is 6.30. The van der Waals surface area contributed by atoms with Gasteiger partial charge in [-0.1, -0.05) is 43.6 Å². The molecule has 0 bridgehead atoms. The zero-order valence-corrected chi connectivity index (χ0v) is 28.3.